The van der Waals surface area contributed by atoms with Gasteiger partial charge >= 0.3 is 0 Å². The van der Waals surface area contributed by atoms with Crippen LogP contribution in [0.2, 0.25) is 25.2 Å². The second kappa shape index (κ2) is 11.2. The van der Waals surface area contributed by atoms with E-state index in [1.807, 2.05) is 0 Å². The van der Waals surface area contributed by atoms with Crippen LogP contribution in [-0.4, -0.2) is 24.1 Å². The number of Topliss-reactive ketones (excluding diaryl/α,β-unsaturated/α-hetero) is 1. The fraction of sp³-hybridized carbons (Fsp3) is 0.654. The third-order valence-electron chi connectivity index (χ3n) is 6.82. The lowest BCUT2D eigenvalue weighted by Gasteiger charge is -2.29. The number of hydrogen-bond donors (Lipinski definition) is 2. The van der Waals surface area contributed by atoms with Crippen molar-refractivity contribution < 1.29 is 15.0 Å². The number of ketones is 1. The van der Waals surface area contributed by atoms with E-state index in [-0.39, 0.29) is 29.1 Å². The Morgan fingerprint density at radius 2 is 1.70 bits per heavy atom. The molecule has 0 bridgehead atoms. The summed E-state index contributed by atoms with van der Waals surface area (Å²) in [7, 11) is -1.17. The summed E-state index contributed by atoms with van der Waals surface area (Å²) in [5.41, 5.74) is 2.72. The van der Waals surface area contributed by atoms with Crippen LogP contribution in [0, 0.1) is 5.92 Å². The zero-order chi connectivity index (χ0) is 22.3. The molecule has 2 N–H and O–H groups in total. The molecular formula is C26H42O3Si. The van der Waals surface area contributed by atoms with E-state index in [9.17, 15) is 15.0 Å². The molecule has 0 aliphatic heterocycles. The minimum Gasteiger partial charge on any atom is -0.507 e. The second-order valence-electron chi connectivity index (χ2n) is 10.2. The first-order chi connectivity index (χ1) is 14.1. The van der Waals surface area contributed by atoms with Gasteiger partial charge < -0.3 is 10.2 Å². The van der Waals surface area contributed by atoms with E-state index in [1.165, 1.54) is 43.3 Å². The van der Waals surface area contributed by atoms with Crippen LogP contribution in [0.5, 0.6) is 11.5 Å². The number of carbonyl (C=O) groups excluding carboxylic acids is 1. The van der Waals surface area contributed by atoms with Crippen molar-refractivity contribution in [2.45, 2.75) is 103 Å². The van der Waals surface area contributed by atoms with Crippen LogP contribution in [0.4, 0.5) is 0 Å². The van der Waals surface area contributed by atoms with Gasteiger partial charge in [0.05, 0.1) is 0 Å². The molecule has 4 heteroatoms. The van der Waals surface area contributed by atoms with E-state index in [4.69, 9.17) is 0 Å². The first kappa shape index (κ1) is 24.7. The average Bonchev–Trinajstić information content (AvgIpc) is 2.64. The molecule has 168 valence electrons. The second-order valence-corrected chi connectivity index (χ2v) is 15.5. The number of hydrogen-bond acceptors (Lipinski definition) is 3. The molecular weight excluding hydrogens is 388 g/mol. The summed E-state index contributed by atoms with van der Waals surface area (Å²) < 4.78 is 0. The van der Waals surface area contributed by atoms with Crippen molar-refractivity contribution in [2.75, 3.05) is 0 Å². The number of benzene rings is 1. The Hall–Kier alpha value is -1.55. The van der Waals surface area contributed by atoms with Gasteiger partial charge in [-0.2, -0.15) is 0 Å². The van der Waals surface area contributed by atoms with Gasteiger partial charge in [-0.15, -0.1) is 0 Å². The highest BCUT2D eigenvalue weighted by Gasteiger charge is 2.32. The molecule has 2 rings (SSSR count). The van der Waals surface area contributed by atoms with Gasteiger partial charge in [0.25, 0.3) is 0 Å². The monoisotopic (exact) mass is 430 g/mol. The molecule has 0 saturated carbocycles. The molecule has 1 aliphatic rings. The molecule has 30 heavy (non-hydrogen) atoms. The summed E-state index contributed by atoms with van der Waals surface area (Å²) in [6.45, 7) is 10.9. The number of unbranched alkanes of at least 4 members (excludes halogenated alkanes) is 3. The minimum absolute atomic E-state index is 0.123. The SMILES string of the molecule is CCCCCC[Si](C)(C)CCCc1cc(O)c([C@H]2C=C(C)CC[C@@H]2C(C)=O)c(O)c1. The van der Waals surface area contributed by atoms with Crippen LogP contribution in [0.15, 0.2) is 23.8 Å². The van der Waals surface area contributed by atoms with Gasteiger partial charge in [-0.3, -0.25) is 4.79 Å². The smallest absolute Gasteiger partial charge is 0.133 e. The number of rotatable bonds is 11. The third-order valence-corrected chi connectivity index (χ3v) is 10.2. The molecule has 3 nitrogen and oxygen atoms in total. The van der Waals surface area contributed by atoms with Gasteiger partial charge in [-0.1, -0.05) is 75.9 Å². The van der Waals surface area contributed by atoms with Crippen LogP contribution in [0.1, 0.15) is 82.8 Å². The zero-order valence-corrected chi connectivity index (χ0v) is 20.8. The number of allylic oxidation sites excluding steroid dienone is 2. The average molecular weight is 431 g/mol. The van der Waals surface area contributed by atoms with E-state index in [0.717, 1.165) is 31.2 Å². The van der Waals surface area contributed by atoms with Gasteiger partial charge in [0.15, 0.2) is 0 Å². The standard InChI is InChI=1S/C26H42O3Si/c1-6-7-8-9-14-30(4,5)15-10-11-21-17-24(28)26(25(29)18-21)23-16-19(2)12-13-22(23)20(3)27/h16-18,22-23,28-29H,6-15H2,1-5H3/t22-,23+/m1/s1. The Kier molecular flexibility index (Phi) is 9.21. The highest BCUT2D eigenvalue weighted by molar-refractivity contribution is 6.77. The summed E-state index contributed by atoms with van der Waals surface area (Å²) in [6, 6.07) is 6.28. The topological polar surface area (TPSA) is 57.5 Å². The Labute approximate surface area is 184 Å². The zero-order valence-electron chi connectivity index (χ0n) is 19.8. The van der Waals surface area contributed by atoms with Gasteiger partial charge in [0.1, 0.15) is 17.3 Å². The van der Waals surface area contributed by atoms with Crippen LogP contribution >= 0.6 is 0 Å². The van der Waals surface area contributed by atoms with Crippen molar-refractivity contribution in [3.05, 3.63) is 34.9 Å². The van der Waals surface area contributed by atoms with Crippen molar-refractivity contribution in [1.29, 1.82) is 0 Å². The van der Waals surface area contributed by atoms with E-state index < -0.39 is 8.07 Å². The minimum atomic E-state index is -1.17. The molecule has 1 aliphatic carbocycles. The first-order valence-electron chi connectivity index (χ1n) is 11.9. The molecule has 0 heterocycles. The Balaban J connectivity index is 2.04. The summed E-state index contributed by atoms with van der Waals surface area (Å²) in [5.74, 6) is -0.0279. The fourth-order valence-electron chi connectivity index (χ4n) is 4.90. The van der Waals surface area contributed by atoms with E-state index >= 15 is 0 Å². The maximum absolute atomic E-state index is 12.1. The van der Waals surface area contributed by atoms with Crippen LogP contribution in [0.25, 0.3) is 0 Å². The summed E-state index contributed by atoms with van der Waals surface area (Å²) >= 11 is 0. The van der Waals surface area contributed by atoms with Gasteiger partial charge in [0, 0.05) is 25.5 Å². The number of phenols is 2. The molecule has 0 amide bonds. The largest absolute Gasteiger partial charge is 0.507 e. The highest BCUT2D eigenvalue weighted by atomic mass is 28.3. The molecule has 0 radical (unpaired) electrons. The number of aryl methyl sites for hydroxylation is 1. The molecule has 0 saturated heterocycles. The predicted octanol–water partition coefficient (Wildman–Crippen LogP) is 7.35. The van der Waals surface area contributed by atoms with Crippen LogP contribution in [-0.2, 0) is 11.2 Å². The molecule has 0 fully saturated rings. The summed E-state index contributed by atoms with van der Waals surface area (Å²) in [6.07, 6.45) is 11.0. The normalized spacial score (nSPS) is 19.6. The van der Waals surface area contributed by atoms with E-state index in [1.54, 1.807) is 19.1 Å². The third kappa shape index (κ3) is 7.00. The molecule has 2 atom stereocenters. The van der Waals surface area contributed by atoms with E-state index in [0.29, 0.717) is 5.56 Å². The maximum atomic E-state index is 12.1. The number of phenolic OH excluding ortho intramolecular Hbond substituents is 2. The predicted molar refractivity (Wildman–Crippen MR) is 129 cm³/mol. The van der Waals surface area contributed by atoms with Crippen LogP contribution < -0.4 is 0 Å². The maximum Gasteiger partial charge on any atom is 0.133 e. The summed E-state index contributed by atoms with van der Waals surface area (Å²) in [5, 5.41) is 21.5. The molecule has 0 aromatic heterocycles. The number of aromatic hydroxyl groups is 2. The number of carbonyl (C=O) groups is 1. The molecule has 1 aromatic rings. The van der Waals surface area contributed by atoms with Crippen molar-refractivity contribution >= 4 is 13.9 Å². The Bertz CT molecular complexity index is 728. The van der Waals surface area contributed by atoms with E-state index in [2.05, 4.69) is 33.0 Å². The lowest BCUT2D eigenvalue weighted by atomic mass is 9.74. The Morgan fingerprint density at radius 3 is 2.30 bits per heavy atom. The quantitative estimate of drug-likeness (QED) is 0.219. The van der Waals surface area contributed by atoms with Gasteiger partial charge in [0.2, 0.25) is 0 Å². The van der Waals surface area contributed by atoms with Crippen molar-refractivity contribution in [2.24, 2.45) is 5.92 Å². The first-order valence-corrected chi connectivity index (χ1v) is 15.3. The van der Waals surface area contributed by atoms with Crippen molar-refractivity contribution in [3.8, 4) is 11.5 Å². The summed E-state index contributed by atoms with van der Waals surface area (Å²) in [4.78, 5) is 12.1. The molecule has 0 unspecified atom stereocenters. The molecule has 0 spiro atoms. The van der Waals surface area contributed by atoms with Crippen molar-refractivity contribution in [1.82, 2.24) is 0 Å². The van der Waals surface area contributed by atoms with Gasteiger partial charge in [-0.05, 0) is 50.8 Å². The lowest BCUT2D eigenvalue weighted by molar-refractivity contribution is -0.121. The highest BCUT2D eigenvalue weighted by Crippen LogP contribution is 2.44. The van der Waals surface area contributed by atoms with Crippen LogP contribution in [0.3, 0.4) is 0 Å². The van der Waals surface area contributed by atoms with Gasteiger partial charge in [-0.25, -0.2) is 0 Å². The van der Waals surface area contributed by atoms with Crippen molar-refractivity contribution in [3.63, 3.8) is 0 Å². The Morgan fingerprint density at radius 1 is 1.07 bits per heavy atom. The molecule has 1 aromatic carbocycles. The fourth-order valence-corrected chi connectivity index (χ4v) is 7.49. The lowest BCUT2D eigenvalue weighted by Crippen LogP contribution is -2.24.